The molecule has 0 amide bonds. The van der Waals surface area contributed by atoms with E-state index in [2.05, 4.69) is 47.0 Å². The molecule has 90 valence electrons. The van der Waals surface area contributed by atoms with Crippen molar-refractivity contribution in [3.8, 4) is 0 Å². The Morgan fingerprint density at radius 2 is 2.06 bits per heavy atom. The summed E-state index contributed by atoms with van der Waals surface area (Å²) in [7, 11) is 0. The van der Waals surface area contributed by atoms with E-state index in [9.17, 15) is 0 Å². The van der Waals surface area contributed by atoms with Crippen LogP contribution in [0.25, 0.3) is 0 Å². The molecule has 0 bridgehead atoms. The SMILES string of the molecule is CC(C)CCC(C)Nc1cnc(Cl)c(Br)c1. The summed E-state index contributed by atoms with van der Waals surface area (Å²) in [6.07, 6.45) is 4.16. The van der Waals surface area contributed by atoms with Crippen LogP contribution >= 0.6 is 27.5 Å². The molecule has 16 heavy (non-hydrogen) atoms. The smallest absolute Gasteiger partial charge is 0.143 e. The molecule has 4 heteroatoms. The van der Waals surface area contributed by atoms with Crippen LogP contribution in [0.5, 0.6) is 0 Å². The molecular formula is C12H18BrClN2. The first-order valence-corrected chi connectivity index (χ1v) is 6.73. The van der Waals surface area contributed by atoms with E-state index in [0.717, 1.165) is 22.5 Å². The van der Waals surface area contributed by atoms with Crippen molar-refractivity contribution in [2.24, 2.45) is 5.92 Å². The van der Waals surface area contributed by atoms with Crippen LogP contribution in [0.2, 0.25) is 5.15 Å². The van der Waals surface area contributed by atoms with Gasteiger partial charge in [0.15, 0.2) is 0 Å². The number of nitrogens with zero attached hydrogens (tertiary/aromatic N) is 1. The van der Waals surface area contributed by atoms with Crippen molar-refractivity contribution in [2.75, 3.05) is 5.32 Å². The Labute approximate surface area is 111 Å². The summed E-state index contributed by atoms with van der Waals surface area (Å²) in [5, 5.41) is 3.91. The van der Waals surface area contributed by atoms with Gasteiger partial charge in [-0.05, 0) is 47.7 Å². The minimum Gasteiger partial charge on any atom is -0.381 e. The second-order valence-electron chi connectivity index (χ2n) is 4.51. The van der Waals surface area contributed by atoms with Gasteiger partial charge in [-0.3, -0.25) is 0 Å². The lowest BCUT2D eigenvalue weighted by Crippen LogP contribution is -2.15. The third-order valence-electron chi connectivity index (χ3n) is 2.39. The van der Waals surface area contributed by atoms with Gasteiger partial charge >= 0.3 is 0 Å². The van der Waals surface area contributed by atoms with Gasteiger partial charge in [-0.25, -0.2) is 4.98 Å². The topological polar surface area (TPSA) is 24.9 Å². The predicted molar refractivity (Wildman–Crippen MR) is 74.1 cm³/mol. The van der Waals surface area contributed by atoms with Gasteiger partial charge in [0.2, 0.25) is 0 Å². The summed E-state index contributed by atoms with van der Waals surface area (Å²) < 4.78 is 0.829. The van der Waals surface area contributed by atoms with Gasteiger partial charge in [-0.2, -0.15) is 0 Å². The van der Waals surface area contributed by atoms with E-state index < -0.39 is 0 Å². The lowest BCUT2D eigenvalue weighted by molar-refractivity contribution is 0.527. The number of anilines is 1. The van der Waals surface area contributed by atoms with Crippen LogP contribution < -0.4 is 5.32 Å². The Hall–Kier alpha value is -0.280. The summed E-state index contributed by atoms with van der Waals surface area (Å²) in [6.45, 7) is 6.67. The first-order valence-electron chi connectivity index (χ1n) is 5.56. The summed E-state index contributed by atoms with van der Waals surface area (Å²) in [5.74, 6) is 0.749. The van der Waals surface area contributed by atoms with Crippen LogP contribution in [0.15, 0.2) is 16.7 Å². The number of aromatic nitrogens is 1. The molecule has 0 aromatic carbocycles. The van der Waals surface area contributed by atoms with Crippen molar-refractivity contribution < 1.29 is 0 Å². The monoisotopic (exact) mass is 304 g/mol. The maximum Gasteiger partial charge on any atom is 0.143 e. The van der Waals surface area contributed by atoms with Crippen molar-refractivity contribution in [3.63, 3.8) is 0 Å². The van der Waals surface area contributed by atoms with Crippen LogP contribution in [-0.2, 0) is 0 Å². The molecule has 0 aliphatic carbocycles. The molecule has 0 aliphatic rings. The van der Waals surface area contributed by atoms with Gasteiger partial charge < -0.3 is 5.32 Å². The Kier molecular flexibility index (Phi) is 5.56. The molecular weight excluding hydrogens is 288 g/mol. The van der Waals surface area contributed by atoms with Gasteiger partial charge in [0, 0.05) is 6.04 Å². The molecule has 0 saturated heterocycles. The minimum atomic E-state index is 0.456. The van der Waals surface area contributed by atoms with Crippen LogP contribution in [0.1, 0.15) is 33.6 Å². The van der Waals surface area contributed by atoms with Crippen LogP contribution in [-0.4, -0.2) is 11.0 Å². The fourth-order valence-electron chi connectivity index (χ4n) is 1.44. The van der Waals surface area contributed by atoms with Gasteiger partial charge in [-0.1, -0.05) is 25.4 Å². The van der Waals surface area contributed by atoms with Crippen molar-refractivity contribution >= 4 is 33.2 Å². The van der Waals surface area contributed by atoms with Crippen molar-refractivity contribution in [3.05, 3.63) is 21.9 Å². The van der Waals surface area contributed by atoms with Crippen molar-refractivity contribution in [1.29, 1.82) is 0 Å². The second kappa shape index (κ2) is 6.45. The highest BCUT2D eigenvalue weighted by molar-refractivity contribution is 9.10. The molecule has 0 fully saturated rings. The summed E-state index contributed by atoms with van der Waals surface area (Å²) in [5.41, 5.74) is 1.01. The molecule has 1 aromatic heterocycles. The maximum absolute atomic E-state index is 5.83. The van der Waals surface area contributed by atoms with Crippen LogP contribution in [0.3, 0.4) is 0 Å². The van der Waals surface area contributed by atoms with E-state index in [1.807, 2.05) is 6.07 Å². The van der Waals surface area contributed by atoms with E-state index in [4.69, 9.17) is 11.6 Å². The molecule has 2 nitrogen and oxygen atoms in total. The average molecular weight is 306 g/mol. The maximum atomic E-state index is 5.83. The number of hydrogen-bond acceptors (Lipinski definition) is 2. The first kappa shape index (κ1) is 13.8. The zero-order chi connectivity index (χ0) is 12.1. The van der Waals surface area contributed by atoms with Gasteiger partial charge in [-0.15, -0.1) is 0 Å². The van der Waals surface area contributed by atoms with Crippen molar-refractivity contribution in [1.82, 2.24) is 4.98 Å². The van der Waals surface area contributed by atoms with Crippen LogP contribution in [0, 0.1) is 5.92 Å². The van der Waals surface area contributed by atoms with Gasteiger partial charge in [0.25, 0.3) is 0 Å². The molecule has 1 aromatic rings. The zero-order valence-electron chi connectivity index (χ0n) is 9.93. The van der Waals surface area contributed by atoms with E-state index in [0.29, 0.717) is 11.2 Å². The number of rotatable bonds is 5. The highest BCUT2D eigenvalue weighted by Crippen LogP contribution is 2.23. The third-order valence-corrected chi connectivity index (χ3v) is 3.52. The Morgan fingerprint density at radius 1 is 1.38 bits per heavy atom. The fraction of sp³-hybridized carbons (Fsp3) is 0.583. The highest BCUT2D eigenvalue weighted by atomic mass is 79.9. The third kappa shape index (κ3) is 4.71. The molecule has 0 radical (unpaired) electrons. The quantitative estimate of drug-likeness (QED) is 0.795. The number of nitrogens with one attached hydrogen (secondary N) is 1. The lowest BCUT2D eigenvalue weighted by atomic mass is 10.0. The zero-order valence-corrected chi connectivity index (χ0v) is 12.3. The molecule has 1 rings (SSSR count). The highest BCUT2D eigenvalue weighted by Gasteiger charge is 2.05. The first-order chi connectivity index (χ1) is 7.49. The van der Waals surface area contributed by atoms with Crippen LogP contribution in [0.4, 0.5) is 5.69 Å². The van der Waals surface area contributed by atoms with Gasteiger partial charge in [0.1, 0.15) is 5.15 Å². The lowest BCUT2D eigenvalue weighted by Gasteiger charge is -2.16. The van der Waals surface area contributed by atoms with E-state index in [1.165, 1.54) is 6.42 Å². The summed E-state index contributed by atoms with van der Waals surface area (Å²) in [6, 6.07) is 2.42. The van der Waals surface area contributed by atoms with E-state index in [1.54, 1.807) is 6.20 Å². The molecule has 1 atom stereocenters. The number of halogens is 2. The Balaban J connectivity index is 2.49. The molecule has 0 aliphatic heterocycles. The largest absolute Gasteiger partial charge is 0.381 e. The minimum absolute atomic E-state index is 0.456. The summed E-state index contributed by atoms with van der Waals surface area (Å²) >= 11 is 9.20. The molecule has 0 spiro atoms. The molecule has 1 heterocycles. The Bertz CT molecular complexity index is 342. The standard InChI is InChI=1S/C12H18BrClN2/c1-8(2)4-5-9(3)16-10-6-11(13)12(14)15-7-10/h6-9,16H,4-5H2,1-3H3. The second-order valence-corrected chi connectivity index (χ2v) is 5.73. The van der Waals surface area contributed by atoms with E-state index in [-0.39, 0.29) is 0 Å². The fourth-order valence-corrected chi connectivity index (χ4v) is 1.89. The average Bonchev–Trinajstić information content (AvgIpc) is 2.21. The van der Waals surface area contributed by atoms with Crippen molar-refractivity contribution in [2.45, 2.75) is 39.7 Å². The Morgan fingerprint density at radius 3 is 2.62 bits per heavy atom. The van der Waals surface area contributed by atoms with E-state index >= 15 is 0 Å². The normalized spacial score (nSPS) is 12.9. The summed E-state index contributed by atoms with van der Waals surface area (Å²) in [4.78, 5) is 4.08. The molecule has 0 saturated carbocycles. The number of hydrogen-bond donors (Lipinski definition) is 1. The molecule has 1 N–H and O–H groups in total. The predicted octanol–water partition coefficient (Wildman–Crippen LogP) is 4.73. The van der Waals surface area contributed by atoms with Gasteiger partial charge in [0.05, 0.1) is 16.4 Å². The molecule has 1 unspecified atom stereocenters. The number of pyridine rings is 1.